The number of nitrogens with two attached hydrogens (primary N) is 1. The zero-order valence-corrected chi connectivity index (χ0v) is 13.3. The highest BCUT2D eigenvalue weighted by Crippen LogP contribution is 2.34. The minimum Gasteiger partial charge on any atom is -0.397 e. The van der Waals surface area contributed by atoms with Crippen LogP contribution in [0.15, 0.2) is 30.3 Å². The summed E-state index contributed by atoms with van der Waals surface area (Å²) < 4.78 is 9.55. The lowest BCUT2D eigenvalue weighted by Gasteiger charge is -2.11. The molecular formula is C12H8ClIN4S. The maximum Gasteiger partial charge on any atom is 0.129 e. The van der Waals surface area contributed by atoms with Crippen molar-refractivity contribution in [1.29, 1.82) is 0 Å². The number of halogens is 2. The van der Waals surface area contributed by atoms with Crippen molar-refractivity contribution < 1.29 is 0 Å². The van der Waals surface area contributed by atoms with Gasteiger partial charge in [-0.25, -0.2) is 0 Å². The fraction of sp³-hybridized carbons (Fsp3) is 0. The SMILES string of the molecule is Nc1cc(I)ccc1Nc1c(Cl)ccc2nsnc12. The van der Waals surface area contributed by atoms with Crippen LogP contribution in [0.25, 0.3) is 11.0 Å². The molecule has 0 amide bonds. The highest BCUT2D eigenvalue weighted by atomic mass is 127. The van der Waals surface area contributed by atoms with Gasteiger partial charge in [0.05, 0.1) is 33.8 Å². The van der Waals surface area contributed by atoms with E-state index in [-0.39, 0.29) is 0 Å². The van der Waals surface area contributed by atoms with E-state index >= 15 is 0 Å². The molecule has 0 atom stereocenters. The summed E-state index contributed by atoms with van der Waals surface area (Å²) in [5.41, 5.74) is 9.79. The van der Waals surface area contributed by atoms with Crippen molar-refractivity contribution in [2.45, 2.75) is 0 Å². The lowest BCUT2D eigenvalue weighted by molar-refractivity contribution is 1.53. The van der Waals surface area contributed by atoms with E-state index in [0.29, 0.717) is 10.7 Å². The minimum absolute atomic E-state index is 0.596. The summed E-state index contributed by atoms with van der Waals surface area (Å²) in [6, 6.07) is 9.45. The van der Waals surface area contributed by atoms with Gasteiger partial charge in [0.1, 0.15) is 11.0 Å². The molecule has 1 heterocycles. The first-order chi connectivity index (χ1) is 9.15. The molecule has 0 saturated heterocycles. The Morgan fingerprint density at radius 3 is 2.84 bits per heavy atom. The Morgan fingerprint density at radius 2 is 2.05 bits per heavy atom. The summed E-state index contributed by atoms with van der Waals surface area (Å²) in [5, 5.41) is 3.84. The molecular weight excluding hydrogens is 395 g/mol. The number of fused-ring (bicyclic) bond motifs is 1. The van der Waals surface area contributed by atoms with Crippen LogP contribution in [0.1, 0.15) is 0 Å². The molecule has 0 aliphatic heterocycles. The molecule has 0 radical (unpaired) electrons. The van der Waals surface area contributed by atoms with Gasteiger partial charge in [-0.15, -0.1) is 0 Å². The van der Waals surface area contributed by atoms with Crippen LogP contribution >= 0.6 is 45.9 Å². The fourth-order valence-electron chi connectivity index (χ4n) is 1.73. The summed E-state index contributed by atoms with van der Waals surface area (Å²) in [6.45, 7) is 0. The molecule has 7 heteroatoms. The van der Waals surface area contributed by atoms with E-state index in [1.165, 1.54) is 0 Å². The van der Waals surface area contributed by atoms with Crippen LogP contribution in [0.2, 0.25) is 5.02 Å². The Balaban J connectivity index is 2.10. The lowest BCUT2D eigenvalue weighted by atomic mass is 10.2. The van der Waals surface area contributed by atoms with Gasteiger partial charge in [0.15, 0.2) is 0 Å². The van der Waals surface area contributed by atoms with E-state index in [0.717, 1.165) is 37.7 Å². The molecule has 0 spiro atoms. The van der Waals surface area contributed by atoms with Gasteiger partial charge in [-0.05, 0) is 52.9 Å². The van der Waals surface area contributed by atoms with Crippen LogP contribution in [0, 0.1) is 3.57 Å². The first-order valence-electron chi connectivity index (χ1n) is 5.38. The Bertz CT molecular complexity index is 759. The number of benzene rings is 2. The van der Waals surface area contributed by atoms with Gasteiger partial charge < -0.3 is 11.1 Å². The topological polar surface area (TPSA) is 63.8 Å². The van der Waals surface area contributed by atoms with Crippen LogP contribution in [0.3, 0.4) is 0 Å². The molecule has 96 valence electrons. The second kappa shape index (κ2) is 5.10. The van der Waals surface area contributed by atoms with Gasteiger partial charge in [-0.2, -0.15) is 8.75 Å². The molecule has 1 aromatic heterocycles. The monoisotopic (exact) mass is 402 g/mol. The number of nitrogens with zero attached hydrogens (tertiary/aromatic N) is 2. The predicted octanol–water partition coefficient (Wildman–Crippen LogP) is 4.28. The number of rotatable bonds is 2. The molecule has 0 saturated carbocycles. The van der Waals surface area contributed by atoms with E-state index in [2.05, 4.69) is 36.7 Å². The number of nitrogens with one attached hydrogen (secondary N) is 1. The van der Waals surface area contributed by atoms with Crippen molar-refractivity contribution in [2.24, 2.45) is 0 Å². The molecule has 0 fully saturated rings. The highest BCUT2D eigenvalue weighted by Gasteiger charge is 2.11. The first-order valence-corrected chi connectivity index (χ1v) is 7.56. The van der Waals surface area contributed by atoms with E-state index in [1.807, 2.05) is 24.3 Å². The van der Waals surface area contributed by atoms with Crippen molar-refractivity contribution in [3.05, 3.63) is 38.9 Å². The van der Waals surface area contributed by atoms with E-state index in [4.69, 9.17) is 17.3 Å². The molecule has 0 unspecified atom stereocenters. The maximum absolute atomic E-state index is 6.23. The van der Waals surface area contributed by atoms with E-state index in [9.17, 15) is 0 Å². The van der Waals surface area contributed by atoms with Gasteiger partial charge >= 0.3 is 0 Å². The summed E-state index contributed by atoms with van der Waals surface area (Å²) in [5.74, 6) is 0. The molecule has 0 aliphatic rings. The Labute approximate surface area is 132 Å². The van der Waals surface area contributed by atoms with E-state index < -0.39 is 0 Å². The van der Waals surface area contributed by atoms with Crippen LogP contribution < -0.4 is 11.1 Å². The van der Waals surface area contributed by atoms with Gasteiger partial charge in [0, 0.05) is 3.57 Å². The van der Waals surface area contributed by atoms with Gasteiger partial charge in [0.2, 0.25) is 0 Å². The van der Waals surface area contributed by atoms with Crippen LogP contribution in [0.5, 0.6) is 0 Å². The maximum atomic E-state index is 6.23. The number of hydrogen-bond acceptors (Lipinski definition) is 5. The van der Waals surface area contributed by atoms with Crippen LogP contribution in [-0.2, 0) is 0 Å². The number of nitrogen functional groups attached to an aromatic ring is 1. The molecule has 19 heavy (non-hydrogen) atoms. The van der Waals surface area contributed by atoms with E-state index in [1.54, 1.807) is 6.07 Å². The average molecular weight is 403 g/mol. The largest absolute Gasteiger partial charge is 0.397 e. The van der Waals surface area contributed by atoms with Crippen LogP contribution in [-0.4, -0.2) is 8.75 Å². The molecule has 3 N–H and O–H groups in total. The quantitative estimate of drug-likeness (QED) is 0.496. The minimum atomic E-state index is 0.596. The second-order valence-corrected chi connectivity index (χ2v) is 6.09. The highest BCUT2D eigenvalue weighted by molar-refractivity contribution is 14.1. The first kappa shape index (κ1) is 12.9. The average Bonchev–Trinajstić information content (AvgIpc) is 2.84. The summed E-state index contributed by atoms with van der Waals surface area (Å²) in [6.07, 6.45) is 0. The van der Waals surface area contributed by atoms with Crippen molar-refractivity contribution in [3.63, 3.8) is 0 Å². The number of aromatic nitrogens is 2. The van der Waals surface area contributed by atoms with Crippen LogP contribution in [0.4, 0.5) is 17.1 Å². The van der Waals surface area contributed by atoms with Crippen molar-refractivity contribution in [3.8, 4) is 0 Å². The van der Waals surface area contributed by atoms with Gasteiger partial charge in [0.25, 0.3) is 0 Å². The fourth-order valence-corrected chi connectivity index (χ4v) is 2.99. The third-order valence-electron chi connectivity index (χ3n) is 2.65. The standard InChI is InChI=1S/C12H8ClIN4S/c13-7-2-4-10-12(18-19-17-10)11(7)16-9-3-1-6(14)5-8(9)15/h1-5,16H,15H2. The Morgan fingerprint density at radius 1 is 1.21 bits per heavy atom. The summed E-state index contributed by atoms with van der Waals surface area (Å²) in [4.78, 5) is 0. The predicted molar refractivity (Wildman–Crippen MR) is 89.3 cm³/mol. The molecule has 0 aliphatic carbocycles. The lowest BCUT2D eigenvalue weighted by Crippen LogP contribution is -1.98. The van der Waals surface area contributed by atoms with Crippen molar-refractivity contribution >= 4 is 74.0 Å². The third kappa shape index (κ3) is 2.47. The second-order valence-electron chi connectivity index (χ2n) is 3.91. The Kier molecular flexibility index (Phi) is 3.46. The molecule has 3 rings (SSSR count). The summed E-state index contributed by atoms with van der Waals surface area (Å²) >= 11 is 9.61. The molecule has 0 bridgehead atoms. The van der Waals surface area contributed by atoms with Crippen molar-refractivity contribution in [2.75, 3.05) is 11.1 Å². The number of hydrogen-bond donors (Lipinski definition) is 2. The number of anilines is 3. The molecule has 3 aromatic rings. The smallest absolute Gasteiger partial charge is 0.129 e. The normalized spacial score (nSPS) is 10.8. The summed E-state index contributed by atoms with van der Waals surface area (Å²) in [7, 11) is 0. The Hall–Kier alpha value is -1.12. The van der Waals surface area contributed by atoms with Crippen molar-refractivity contribution in [1.82, 2.24) is 8.75 Å². The third-order valence-corrected chi connectivity index (χ3v) is 4.18. The molecule has 2 aromatic carbocycles. The zero-order chi connectivity index (χ0) is 13.4. The molecule has 4 nitrogen and oxygen atoms in total. The van der Waals surface area contributed by atoms with Gasteiger partial charge in [-0.3, -0.25) is 0 Å². The van der Waals surface area contributed by atoms with Gasteiger partial charge in [-0.1, -0.05) is 11.6 Å². The zero-order valence-electron chi connectivity index (χ0n) is 9.52.